The van der Waals surface area contributed by atoms with E-state index in [2.05, 4.69) is 29.0 Å². The number of H-pyrrole nitrogens is 1. The van der Waals surface area contributed by atoms with E-state index in [0.29, 0.717) is 29.5 Å². The lowest BCUT2D eigenvalue weighted by Crippen LogP contribution is -2.16. The summed E-state index contributed by atoms with van der Waals surface area (Å²) >= 11 is 0. The van der Waals surface area contributed by atoms with E-state index in [1.807, 2.05) is 18.2 Å². The first kappa shape index (κ1) is 19.4. The maximum atomic E-state index is 14.8. The number of pyridine rings is 1. The molecule has 6 heteroatoms. The molecule has 0 bridgehead atoms. The maximum Gasteiger partial charge on any atom is 0.225 e. The molecule has 1 aliphatic rings. The Morgan fingerprint density at radius 3 is 2.83 bits per heavy atom. The van der Waals surface area contributed by atoms with Gasteiger partial charge in [-0.2, -0.15) is 10.1 Å². The van der Waals surface area contributed by atoms with Crippen molar-refractivity contribution in [1.82, 2.24) is 15.2 Å². The molecule has 0 saturated carbocycles. The molecule has 4 rings (SSSR count). The van der Waals surface area contributed by atoms with Crippen LogP contribution in [0.3, 0.4) is 0 Å². The number of benzene rings is 1. The molecule has 1 unspecified atom stereocenters. The molecule has 29 heavy (non-hydrogen) atoms. The Morgan fingerprint density at radius 1 is 1.17 bits per heavy atom. The largest absolute Gasteiger partial charge is 0.474 e. The summed E-state index contributed by atoms with van der Waals surface area (Å²) in [5, 5.41) is 6.63. The van der Waals surface area contributed by atoms with Crippen LogP contribution >= 0.6 is 0 Å². The molecule has 0 amide bonds. The lowest BCUT2D eigenvalue weighted by molar-refractivity contribution is 0.172. The SMILES string of the molecule is CCCCCC(CC)Oc1ccc2c(n1)OCc1cc(-c3cn[nH]c3)c(F)cc1-2. The smallest absolute Gasteiger partial charge is 0.225 e. The summed E-state index contributed by atoms with van der Waals surface area (Å²) in [6.45, 7) is 4.67. The van der Waals surface area contributed by atoms with E-state index in [4.69, 9.17) is 9.47 Å². The third-order valence-corrected chi connectivity index (χ3v) is 5.36. The summed E-state index contributed by atoms with van der Waals surface area (Å²) in [7, 11) is 0. The highest BCUT2D eigenvalue weighted by Crippen LogP contribution is 2.40. The molecule has 1 aliphatic heterocycles. The quantitative estimate of drug-likeness (QED) is 0.482. The van der Waals surface area contributed by atoms with Gasteiger partial charge in [-0.1, -0.05) is 26.7 Å². The molecule has 0 aliphatic carbocycles. The van der Waals surface area contributed by atoms with Gasteiger partial charge in [0, 0.05) is 29.0 Å². The van der Waals surface area contributed by atoms with Crippen LogP contribution in [0.4, 0.5) is 4.39 Å². The van der Waals surface area contributed by atoms with Crippen molar-refractivity contribution < 1.29 is 13.9 Å². The molecule has 0 fully saturated rings. The number of halogens is 1. The number of hydrogen-bond donors (Lipinski definition) is 1. The van der Waals surface area contributed by atoms with E-state index < -0.39 is 0 Å². The predicted molar refractivity (Wildman–Crippen MR) is 110 cm³/mol. The number of hydrogen-bond acceptors (Lipinski definition) is 4. The first-order chi connectivity index (χ1) is 14.2. The molecule has 1 atom stereocenters. The van der Waals surface area contributed by atoms with Crippen LogP contribution in [0.5, 0.6) is 11.8 Å². The van der Waals surface area contributed by atoms with Crippen LogP contribution in [0.25, 0.3) is 22.3 Å². The van der Waals surface area contributed by atoms with Crippen LogP contribution in [0.2, 0.25) is 0 Å². The average Bonchev–Trinajstić information content (AvgIpc) is 3.27. The highest BCUT2D eigenvalue weighted by atomic mass is 19.1. The minimum atomic E-state index is -0.291. The molecule has 2 aromatic heterocycles. The molecule has 3 aromatic rings. The summed E-state index contributed by atoms with van der Waals surface area (Å²) in [5.74, 6) is 0.764. The van der Waals surface area contributed by atoms with Gasteiger partial charge in [-0.15, -0.1) is 0 Å². The van der Waals surface area contributed by atoms with Gasteiger partial charge in [0.1, 0.15) is 18.5 Å². The third kappa shape index (κ3) is 4.11. The van der Waals surface area contributed by atoms with Crippen molar-refractivity contribution in [3.05, 3.63) is 48.0 Å². The molecule has 1 N–H and O–H groups in total. The Labute approximate surface area is 170 Å². The van der Waals surface area contributed by atoms with E-state index in [1.54, 1.807) is 18.5 Å². The Balaban J connectivity index is 1.58. The van der Waals surface area contributed by atoms with Gasteiger partial charge in [-0.05, 0) is 48.6 Å². The van der Waals surface area contributed by atoms with Crippen LogP contribution in [0.15, 0.2) is 36.7 Å². The van der Waals surface area contributed by atoms with Gasteiger partial charge in [0.25, 0.3) is 0 Å². The number of aromatic nitrogens is 3. The number of fused-ring (bicyclic) bond motifs is 3. The molecular formula is C23H26FN3O2. The number of unbranched alkanes of at least 4 members (excludes halogenated alkanes) is 2. The van der Waals surface area contributed by atoms with Crippen LogP contribution < -0.4 is 9.47 Å². The molecular weight excluding hydrogens is 369 g/mol. The normalized spacial score (nSPS) is 13.3. The minimum Gasteiger partial charge on any atom is -0.474 e. The van der Waals surface area contributed by atoms with Crippen molar-refractivity contribution in [2.75, 3.05) is 0 Å². The van der Waals surface area contributed by atoms with Crippen molar-refractivity contribution in [2.45, 2.75) is 58.7 Å². The fourth-order valence-corrected chi connectivity index (χ4v) is 3.70. The number of ether oxygens (including phenoxy) is 2. The maximum absolute atomic E-state index is 14.8. The lowest BCUT2D eigenvalue weighted by atomic mass is 9.95. The van der Waals surface area contributed by atoms with Crippen LogP contribution in [-0.4, -0.2) is 21.3 Å². The summed E-state index contributed by atoms with van der Waals surface area (Å²) < 4.78 is 26.7. The van der Waals surface area contributed by atoms with E-state index >= 15 is 0 Å². The van der Waals surface area contributed by atoms with Gasteiger partial charge in [-0.25, -0.2) is 4.39 Å². The second kappa shape index (κ2) is 8.64. The zero-order valence-electron chi connectivity index (χ0n) is 16.9. The number of nitrogens with zero attached hydrogens (tertiary/aromatic N) is 2. The van der Waals surface area contributed by atoms with E-state index in [1.165, 1.54) is 12.8 Å². The minimum absolute atomic E-state index is 0.151. The Bertz CT molecular complexity index is 973. The monoisotopic (exact) mass is 395 g/mol. The molecule has 0 saturated heterocycles. The molecule has 5 nitrogen and oxygen atoms in total. The molecule has 1 aromatic carbocycles. The Kier molecular flexibility index (Phi) is 5.79. The number of aromatic amines is 1. The standard InChI is InChI=1S/C23H26FN3O2/c1-3-5-6-7-17(4-2)29-22-9-8-18-19-11-21(24)20(16-12-25-26-13-16)10-15(19)14-28-23(18)27-22/h8-13,17H,3-7,14H2,1-2H3,(H,25,26). The van der Waals surface area contributed by atoms with E-state index in [0.717, 1.165) is 36.0 Å². The third-order valence-electron chi connectivity index (χ3n) is 5.36. The first-order valence-electron chi connectivity index (χ1n) is 10.3. The van der Waals surface area contributed by atoms with Crippen LogP contribution in [-0.2, 0) is 6.61 Å². The van der Waals surface area contributed by atoms with Crippen molar-refractivity contribution in [2.24, 2.45) is 0 Å². The van der Waals surface area contributed by atoms with Gasteiger partial charge < -0.3 is 9.47 Å². The fourth-order valence-electron chi connectivity index (χ4n) is 3.70. The topological polar surface area (TPSA) is 60.0 Å². The van der Waals surface area contributed by atoms with E-state index in [-0.39, 0.29) is 11.9 Å². The summed E-state index contributed by atoms with van der Waals surface area (Å²) in [5.41, 5.74) is 3.75. The van der Waals surface area contributed by atoms with Gasteiger partial charge >= 0.3 is 0 Å². The van der Waals surface area contributed by atoms with Crippen LogP contribution in [0, 0.1) is 5.82 Å². The fraction of sp³-hybridized carbons (Fsp3) is 0.391. The first-order valence-corrected chi connectivity index (χ1v) is 10.3. The van der Waals surface area contributed by atoms with Crippen molar-refractivity contribution in [3.8, 4) is 34.0 Å². The summed E-state index contributed by atoms with van der Waals surface area (Å²) in [6.07, 6.45) is 8.96. The van der Waals surface area contributed by atoms with Crippen LogP contribution in [0.1, 0.15) is 51.5 Å². The van der Waals surface area contributed by atoms with Gasteiger partial charge in [-0.3, -0.25) is 5.10 Å². The second-order valence-corrected chi connectivity index (χ2v) is 7.41. The van der Waals surface area contributed by atoms with Crippen molar-refractivity contribution in [1.29, 1.82) is 0 Å². The number of rotatable bonds is 8. The Hall–Kier alpha value is -2.89. The van der Waals surface area contributed by atoms with Crippen molar-refractivity contribution >= 4 is 0 Å². The molecule has 0 spiro atoms. The zero-order chi connectivity index (χ0) is 20.2. The predicted octanol–water partition coefficient (Wildman–Crippen LogP) is 5.91. The second-order valence-electron chi connectivity index (χ2n) is 7.41. The summed E-state index contributed by atoms with van der Waals surface area (Å²) in [6, 6.07) is 7.14. The summed E-state index contributed by atoms with van der Waals surface area (Å²) in [4.78, 5) is 4.55. The highest BCUT2D eigenvalue weighted by molar-refractivity contribution is 5.77. The van der Waals surface area contributed by atoms with Gasteiger partial charge in [0.2, 0.25) is 11.8 Å². The zero-order valence-corrected chi connectivity index (χ0v) is 16.9. The number of nitrogens with one attached hydrogen (secondary N) is 1. The molecule has 152 valence electrons. The van der Waals surface area contributed by atoms with E-state index in [9.17, 15) is 4.39 Å². The molecule has 0 radical (unpaired) electrons. The Morgan fingerprint density at radius 2 is 2.07 bits per heavy atom. The highest BCUT2D eigenvalue weighted by Gasteiger charge is 2.23. The molecule has 3 heterocycles. The lowest BCUT2D eigenvalue weighted by Gasteiger charge is -2.22. The van der Waals surface area contributed by atoms with Gasteiger partial charge in [0.05, 0.1) is 6.20 Å². The van der Waals surface area contributed by atoms with Crippen molar-refractivity contribution in [3.63, 3.8) is 0 Å². The van der Waals surface area contributed by atoms with Gasteiger partial charge in [0.15, 0.2) is 0 Å². The average molecular weight is 395 g/mol.